The third-order valence-corrected chi connectivity index (χ3v) is 12.0. The van der Waals surface area contributed by atoms with E-state index in [2.05, 4.69) is 30.8 Å². The predicted molar refractivity (Wildman–Crippen MR) is 133 cm³/mol. The molecule has 5 heteroatoms. The maximum atomic E-state index is 13.8. The second-order valence-corrected chi connectivity index (χ2v) is 13.6. The number of aryl methyl sites for hydroxylation is 1. The monoisotopic (exact) mass is 475 g/mol. The Morgan fingerprint density at radius 2 is 1.82 bits per heavy atom. The van der Waals surface area contributed by atoms with Gasteiger partial charge in [0.15, 0.2) is 5.78 Å². The van der Waals surface area contributed by atoms with Gasteiger partial charge in [-0.15, -0.1) is 0 Å². The second kappa shape index (κ2) is 7.52. The van der Waals surface area contributed by atoms with Crippen molar-refractivity contribution in [2.45, 2.75) is 69.6 Å². The minimum atomic E-state index is -3.89. The lowest BCUT2D eigenvalue weighted by atomic mass is 9.47. The molecule has 1 unspecified atom stereocenters. The van der Waals surface area contributed by atoms with E-state index >= 15 is 0 Å². The van der Waals surface area contributed by atoms with Gasteiger partial charge in [-0.25, -0.2) is 15.0 Å². The lowest BCUT2D eigenvalue weighted by molar-refractivity contribution is -0.111. The van der Waals surface area contributed by atoms with E-state index in [9.17, 15) is 13.2 Å². The minimum absolute atomic E-state index is 0.0885. The molecule has 4 aliphatic carbocycles. The Kier molecular flexibility index (Phi) is 5.15. The Morgan fingerprint density at radius 1 is 1.12 bits per heavy atom. The Bertz CT molecular complexity index is 1300. The highest BCUT2D eigenvalue weighted by Crippen LogP contribution is 2.66. The lowest BCUT2D eigenvalue weighted by Crippen LogP contribution is -2.51. The summed E-state index contributed by atoms with van der Waals surface area (Å²) in [6, 6.07) is 6.86. The molecule has 1 aromatic rings. The number of nitrogens with zero attached hydrogens (tertiary/aromatic N) is 1. The number of ketones is 1. The first kappa shape index (κ1) is 23.3. The topological polar surface area (TPSA) is 55.6 Å². The molecule has 2 fully saturated rings. The fourth-order valence-corrected chi connectivity index (χ4v) is 9.38. The first-order chi connectivity index (χ1) is 16.0. The van der Waals surface area contributed by atoms with E-state index in [4.69, 9.17) is 6.57 Å². The Labute approximate surface area is 203 Å². The molecule has 0 heterocycles. The third kappa shape index (κ3) is 3.00. The number of rotatable bonds is 3. The van der Waals surface area contributed by atoms with Gasteiger partial charge < -0.3 is 0 Å². The highest BCUT2D eigenvalue weighted by Gasteiger charge is 2.64. The zero-order valence-corrected chi connectivity index (χ0v) is 21.3. The average molecular weight is 476 g/mol. The molecule has 0 amide bonds. The van der Waals surface area contributed by atoms with Crippen LogP contribution in [0.25, 0.3) is 4.85 Å². The van der Waals surface area contributed by atoms with E-state index in [0.717, 1.165) is 43.2 Å². The fourth-order valence-electron chi connectivity index (χ4n) is 7.70. The lowest BCUT2D eigenvalue weighted by Gasteiger charge is -2.56. The SMILES string of the molecule is [C-]#[N+]C(C)(C1=CC[C@H]2[C@@H]3CCC4=CC(=O)C=C[C@]4(C)[C@H]3CC[C@]12C)S(=O)(=O)c1ccc(C)cc1. The molecule has 2 saturated carbocycles. The molecule has 0 N–H and O–H groups in total. The number of carbonyl (C=O) groups is 1. The predicted octanol–water partition coefficient (Wildman–Crippen LogP) is 6.25. The summed E-state index contributed by atoms with van der Waals surface area (Å²) in [7, 11) is -3.89. The van der Waals surface area contributed by atoms with Crippen molar-refractivity contribution in [2.24, 2.45) is 28.6 Å². The Balaban J connectivity index is 1.51. The maximum absolute atomic E-state index is 13.8. The van der Waals surface area contributed by atoms with Crippen molar-refractivity contribution in [3.8, 4) is 0 Å². The molecule has 0 aromatic heterocycles. The van der Waals surface area contributed by atoms with E-state index in [1.54, 1.807) is 37.3 Å². The van der Waals surface area contributed by atoms with Gasteiger partial charge in [0, 0.05) is 23.3 Å². The molecule has 0 spiro atoms. The molecule has 1 aromatic carbocycles. The van der Waals surface area contributed by atoms with Gasteiger partial charge in [-0.2, -0.15) is 0 Å². The van der Waals surface area contributed by atoms with Crippen molar-refractivity contribution < 1.29 is 13.2 Å². The van der Waals surface area contributed by atoms with Crippen LogP contribution >= 0.6 is 0 Å². The van der Waals surface area contributed by atoms with Crippen LogP contribution in [0, 0.1) is 42.1 Å². The number of sulfone groups is 1. The zero-order valence-electron chi connectivity index (χ0n) is 20.5. The fraction of sp³-hybridized carbons (Fsp3) is 0.517. The number of hydrogen-bond donors (Lipinski definition) is 0. The number of benzene rings is 1. The van der Waals surface area contributed by atoms with Crippen molar-refractivity contribution in [1.29, 1.82) is 0 Å². The average Bonchev–Trinajstić information content (AvgIpc) is 3.17. The molecule has 0 saturated heterocycles. The van der Waals surface area contributed by atoms with Crippen molar-refractivity contribution in [3.63, 3.8) is 0 Å². The van der Waals surface area contributed by atoms with E-state index in [1.807, 2.05) is 13.0 Å². The smallest absolute Gasteiger partial charge is 0.290 e. The van der Waals surface area contributed by atoms with Crippen LogP contribution in [-0.2, 0) is 14.6 Å². The van der Waals surface area contributed by atoms with Gasteiger partial charge >= 0.3 is 4.87 Å². The molecule has 4 nitrogen and oxygen atoms in total. The van der Waals surface area contributed by atoms with Gasteiger partial charge in [0.05, 0.1) is 4.90 Å². The molecular weight excluding hydrogens is 442 g/mol. The maximum Gasteiger partial charge on any atom is 0.352 e. The molecule has 0 aliphatic heterocycles. The summed E-state index contributed by atoms with van der Waals surface area (Å²) in [5, 5.41) is 0. The van der Waals surface area contributed by atoms with Gasteiger partial charge in [0.25, 0.3) is 9.84 Å². The molecule has 0 bridgehead atoms. The molecule has 34 heavy (non-hydrogen) atoms. The quantitative estimate of drug-likeness (QED) is 0.384. The van der Waals surface area contributed by atoms with E-state index in [0.29, 0.717) is 17.8 Å². The Hall–Kier alpha value is -2.45. The van der Waals surface area contributed by atoms with Gasteiger partial charge in [-0.3, -0.25) is 9.64 Å². The van der Waals surface area contributed by atoms with Crippen LogP contribution < -0.4 is 0 Å². The van der Waals surface area contributed by atoms with E-state index in [-0.39, 0.29) is 21.5 Å². The third-order valence-electron chi connectivity index (χ3n) is 9.71. The normalized spacial score (nSPS) is 36.3. The van der Waals surface area contributed by atoms with Crippen molar-refractivity contribution in [1.82, 2.24) is 0 Å². The van der Waals surface area contributed by atoms with Crippen LogP contribution in [-0.4, -0.2) is 19.1 Å². The van der Waals surface area contributed by atoms with Crippen LogP contribution in [0.2, 0.25) is 0 Å². The summed E-state index contributed by atoms with van der Waals surface area (Å²) in [4.78, 5) is 14.5. The number of carbonyl (C=O) groups excluding carboxylic acids is 1. The van der Waals surface area contributed by atoms with Gasteiger partial charge in [-0.05, 0) is 81.1 Å². The molecule has 0 radical (unpaired) electrons. The number of fused-ring (bicyclic) bond motifs is 5. The summed E-state index contributed by atoms with van der Waals surface area (Å²) in [5.74, 6) is 1.30. The second-order valence-electron chi connectivity index (χ2n) is 11.3. The van der Waals surface area contributed by atoms with Gasteiger partial charge in [0.2, 0.25) is 0 Å². The van der Waals surface area contributed by atoms with Crippen LogP contribution in [0.15, 0.2) is 64.6 Å². The first-order valence-corrected chi connectivity index (χ1v) is 13.8. The largest absolute Gasteiger partial charge is 0.352 e. The van der Waals surface area contributed by atoms with Crippen LogP contribution in [0.5, 0.6) is 0 Å². The first-order valence-electron chi connectivity index (χ1n) is 12.3. The molecule has 178 valence electrons. The summed E-state index contributed by atoms with van der Waals surface area (Å²) in [6.07, 6.45) is 12.4. The standard InChI is InChI=1S/C29H33NO3S/c1-19-6-9-22(10-7-19)34(32,33)29(4,30-5)26-13-12-24-23-11-8-20-18-21(31)14-16-27(20,2)25(23)15-17-28(24,26)3/h6-7,9-10,13-14,16,18,23-25H,8,11-12,15,17H2,1-4H3/t23-,24-,25-,27-,28-,29?/m0/s1. The van der Waals surface area contributed by atoms with E-state index in [1.165, 1.54) is 5.57 Å². The molecule has 4 aliphatic rings. The van der Waals surface area contributed by atoms with Crippen LogP contribution in [0.1, 0.15) is 58.4 Å². The van der Waals surface area contributed by atoms with Gasteiger partial charge in [0.1, 0.15) is 0 Å². The highest BCUT2D eigenvalue weighted by atomic mass is 32.2. The van der Waals surface area contributed by atoms with Crippen molar-refractivity contribution >= 4 is 15.6 Å². The van der Waals surface area contributed by atoms with Crippen molar-refractivity contribution in [3.05, 3.63) is 76.7 Å². The summed E-state index contributed by atoms with van der Waals surface area (Å²) >= 11 is 0. The van der Waals surface area contributed by atoms with Crippen LogP contribution in [0.4, 0.5) is 0 Å². The highest BCUT2D eigenvalue weighted by molar-refractivity contribution is 7.93. The molecule has 6 atom stereocenters. The summed E-state index contributed by atoms with van der Waals surface area (Å²) < 4.78 is 27.7. The van der Waals surface area contributed by atoms with Gasteiger partial charge in [-0.1, -0.05) is 49.3 Å². The minimum Gasteiger partial charge on any atom is -0.290 e. The summed E-state index contributed by atoms with van der Waals surface area (Å²) in [6.45, 7) is 16.1. The van der Waals surface area contributed by atoms with E-state index < -0.39 is 14.7 Å². The molecule has 5 rings (SSSR count). The van der Waals surface area contributed by atoms with Crippen LogP contribution in [0.3, 0.4) is 0 Å². The Morgan fingerprint density at radius 3 is 2.50 bits per heavy atom. The number of hydrogen-bond acceptors (Lipinski definition) is 3. The zero-order chi connectivity index (χ0) is 24.5. The van der Waals surface area contributed by atoms with Crippen molar-refractivity contribution in [2.75, 3.05) is 0 Å². The summed E-state index contributed by atoms with van der Waals surface area (Å²) in [5.41, 5.74) is 2.62. The molecular formula is C29H33NO3S. The number of allylic oxidation sites excluding steroid dienone is 5.